The summed E-state index contributed by atoms with van der Waals surface area (Å²) in [5.74, 6) is -3.50. The van der Waals surface area contributed by atoms with E-state index in [1.54, 1.807) is 13.1 Å². The molecule has 9 heteroatoms. The number of pyridine rings is 1. The van der Waals surface area contributed by atoms with Crippen LogP contribution >= 0.6 is 0 Å². The Bertz CT molecular complexity index is 1030. The first-order chi connectivity index (χ1) is 19.6. The van der Waals surface area contributed by atoms with Crippen molar-refractivity contribution in [1.82, 2.24) is 10.3 Å². The number of carbonyl (C=O) groups is 3. The summed E-state index contributed by atoms with van der Waals surface area (Å²) in [6.07, 6.45) is 15.8. The minimum atomic E-state index is -2.88. The molecule has 0 aliphatic heterocycles. The summed E-state index contributed by atoms with van der Waals surface area (Å²) in [6.45, 7) is 10.8. The highest BCUT2D eigenvalue weighted by Gasteiger charge is 2.57. The Hall–Kier alpha value is -3.30. The number of carbonyl (C=O) groups excluding carboxylic acids is 3. The Morgan fingerprint density at radius 3 is 1.93 bits per heavy atom. The zero-order chi connectivity index (χ0) is 30.7. The van der Waals surface area contributed by atoms with E-state index in [9.17, 15) is 19.5 Å². The monoisotopic (exact) mass is 572 g/mol. The highest BCUT2D eigenvalue weighted by atomic mass is 16.6. The van der Waals surface area contributed by atoms with E-state index in [1.165, 1.54) is 30.6 Å². The number of allylic oxidation sites excluding steroid dienone is 5. The fourth-order valence-electron chi connectivity index (χ4n) is 4.07. The van der Waals surface area contributed by atoms with E-state index in [4.69, 9.17) is 14.2 Å². The first-order valence-corrected chi connectivity index (χ1v) is 14.4. The van der Waals surface area contributed by atoms with Crippen molar-refractivity contribution in [3.8, 4) is 0 Å². The maximum absolute atomic E-state index is 12.7. The molecule has 0 amide bonds. The molecule has 0 aromatic carbocycles. The van der Waals surface area contributed by atoms with Crippen molar-refractivity contribution in [3.05, 3.63) is 65.0 Å². The van der Waals surface area contributed by atoms with E-state index < -0.39 is 29.6 Å². The van der Waals surface area contributed by atoms with Crippen LogP contribution in [-0.4, -0.2) is 66.0 Å². The lowest BCUT2D eigenvalue weighted by atomic mass is 9.93. The maximum atomic E-state index is 12.7. The molecular weight excluding hydrogens is 524 g/mol. The molecule has 9 nitrogen and oxygen atoms in total. The number of hydrogen-bond acceptors (Lipinski definition) is 9. The van der Waals surface area contributed by atoms with E-state index >= 15 is 0 Å². The summed E-state index contributed by atoms with van der Waals surface area (Å²) >= 11 is 0. The normalized spacial score (nSPS) is 13.5. The van der Waals surface area contributed by atoms with Gasteiger partial charge in [-0.3, -0.25) is 15.1 Å². The smallest absolute Gasteiger partial charge is 0.352 e. The lowest BCUT2D eigenvalue weighted by Gasteiger charge is -2.30. The van der Waals surface area contributed by atoms with E-state index in [2.05, 4.69) is 42.4 Å². The second-order valence-corrected chi connectivity index (χ2v) is 9.89. The van der Waals surface area contributed by atoms with E-state index in [0.717, 1.165) is 44.1 Å². The summed E-state index contributed by atoms with van der Waals surface area (Å²) in [4.78, 5) is 42.0. The fraction of sp³-hybridized carbons (Fsp3) is 0.562. The summed E-state index contributed by atoms with van der Waals surface area (Å²) in [5.41, 5.74) is 2.12. The van der Waals surface area contributed by atoms with Gasteiger partial charge in [0.15, 0.2) is 6.04 Å². The van der Waals surface area contributed by atoms with Crippen LogP contribution < -0.4 is 5.32 Å². The van der Waals surface area contributed by atoms with Crippen LogP contribution in [0.5, 0.6) is 0 Å². The molecule has 1 atom stereocenters. The van der Waals surface area contributed by atoms with Crippen molar-refractivity contribution >= 4 is 17.9 Å². The third kappa shape index (κ3) is 12.8. The van der Waals surface area contributed by atoms with Crippen LogP contribution in [0.1, 0.15) is 79.2 Å². The second-order valence-electron chi connectivity index (χ2n) is 9.89. The van der Waals surface area contributed by atoms with Gasteiger partial charge in [-0.1, -0.05) is 41.0 Å². The molecule has 0 saturated heterocycles. The molecule has 0 bridgehead atoms. The van der Waals surface area contributed by atoms with Crippen molar-refractivity contribution in [2.24, 2.45) is 0 Å². The quantitative estimate of drug-likeness (QED) is 0.104. The molecule has 41 heavy (non-hydrogen) atoms. The van der Waals surface area contributed by atoms with Crippen molar-refractivity contribution in [2.75, 3.05) is 26.4 Å². The van der Waals surface area contributed by atoms with Crippen molar-refractivity contribution in [1.29, 1.82) is 0 Å². The Morgan fingerprint density at radius 1 is 0.878 bits per heavy atom. The molecule has 0 saturated carbocycles. The highest BCUT2D eigenvalue weighted by Crippen LogP contribution is 2.19. The highest BCUT2D eigenvalue weighted by molar-refractivity contribution is 6.08. The number of nitrogens with one attached hydrogen (secondary N) is 1. The summed E-state index contributed by atoms with van der Waals surface area (Å²) in [6, 6.07) is 2.37. The molecule has 1 rings (SSSR count). The van der Waals surface area contributed by atoms with E-state index in [-0.39, 0.29) is 26.4 Å². The zero-order valence-corrected chi connectivity index (χ0v) is 25.5. The van der Waals surface area contributed by atoms with Crippen LogP contribution in [0, 0.1) is 0 Å². The summed E-state index contributed by atoms with van der Waals surface area (Å²) in [5, 5.41) is 13.9. The Morgan fingerprint density at radius 2 is 1.41 bits per heavy atom. The number of rotatable bonds is 19. The minimum absolute atomic E-state index is 0.0000582. The van der Waals surface area contributed by atoms with Gasteiger partial charge in [0.05, 0.1) is 19.8 Å². The first-order valence-electron chi connectivity index (χ1n) is 14.4. The zero-order valence-electron chi connectivity index (χ0n) is 25.5. The first kappa shape index (κ1) is 35.7. The van der Waals surface area contributed by atoms with Gasteiger partial charge in [-0.25, -0.2) is 9.59 Å². The van der Waals surface area contributed by atoms with E-state index in [0.29, 0.717) is 0 Å². The molecule has 1 heterocycles. The Balaban J connectivity index is 2.68. The predicted octanol–water partition coefficient (Wildman–Crippen LogP) is 4.79. The number of ether oxygens (including phenoxy) is 3. The van der Waals surface area contributed by atoms with Gasteiger partial charge in [0, 0.05) is 18.9 Å². The van der Waals surface area contributed by atoms with Gasteiger partial charge < -0.3 is 19.3 Å². The lowest BCUT2D eigenvalue weighted by Crippen LogP contribution is -2.65. The molecule has 0 aliphatic rings. The van der Waals surface area contributed by atoms with Crippen LogP contribution in [-0.2, 0) is 35.0 Å². The minimum Gasteiger partial charge on any atom is -0.465 e. The molecule has 1 aromatic rings. The lowest BCUT2D eigenvalue weighted by molar-refractivity contribution is -0.191. The van der Waals surface area contributed by atoms with Gasteiger partial charge in [-0.15, -0.1) is 0 Å². The number of esters is 3. The van der Waals surface area contributed by atoms with Gasteiger partial charge in [0.2, 0.25) is 0 Å². The van der Waals surface area contributed by atoms with Gasteiger partial charge in [-0.05, 0) is 91.7 Å². The summed E-state index contributed by atoms with van der Waals surface area (Å²) in [7, 11) is 0. The van der Waals surface area contributed by atoms with Crippen LogP contribution in [0.3, 0.4) is 0 Å². The maximum Gasteiger partial charge on any atom is 0.352 e. The molecule has 228 valence electrons. The van der Waals surface area contributed by atoms with Gasteiger partial charge in [0.25, 0.3) is 5.60 Å². The van der Waals surface area contributed by atoms with Gasteiger partial charge in [0.1, 0.15) is 0 Å². The average molecular weight is 573 g/mol. The number of aromatic nitrogens is 1. The number of aliphatic hydroxyl groups is 1. The van der Waals surface area contributed by atoms with Gasteiger partial charge in [-0.2, -0.15) is 0 Å². The molecule has 1 aromatic heterocycles. The number of hydrogen-bond donors (Lipinski definition) is 2. The largest absolute Gasteiger partial charge is 0.465 e. The van der Waals surface area contributed by atoms with Crippen molar-refractivity contribution < 1.29 is 33.7 Å². The van der Waals surface area contributed by atoms with Crippen LogP contribution in [0.2, 0.25) is 0 Å². The third-order valence-corrected chi connectivity index (χ3v) is 6.48. The Labute approximate surface area is 245 Å². The van der Waals surface area contributed by atoms with E-state index in [1.807, 2.05) is 25.3 Å². The van der Waals surface area contributed by atoms with Crippen molar-refractivity contribution in [3.63, 3.8) is 0 Å². The summed E-state index contributed by atoms with van der Waals surface area (Å²) < 4.78 is 14.8. The fourth-order valence-corrected chi connectivity index (χ4v) is 4.07. The second kappa shape index (κ2) is 19.7. The average Bonchev–Trinajstić information content (AvgIpc) is 2.94. The number of aryl methyl sites for hydroxylation is 1. The van der Waals surface area contributed by atoms with Crippen molar-refractivity contribution in [2.45, 2.75) is 91.7 Å². The Kier molecular flexibility index (Phi) is 17.2. The van der Waals surface area contributed by atoms with Crippen LogP contribution in [0.15, 0.2) is 59.5 Å². The molecule has 2 N–H and O–H groups in total. The molecule has 0 radical (unpaired) electrons. The van der Waals surface area contributed by atoms with Gasteiger partial charge >= 0.3 is 17.9 Å². The molecule has 1 unspecified atom stereocenters. The van der Waals surface area contributed by atoms with Crippen LogP contribution in [0.4, 0.5) is 0 Å². The molecule has 0 fully saturated rings. The number of nitrogens with zero attached hydrogens (tertiary/aromatic N) is 1. The molecule has 0 spiro atoms. The SMILES string of the molecule is CCOC(=O)C(NCC=C(C)CCC=C(C)CCC=C(C)CCc1cccnc1)C(O)(C(=O)OCC)C(=O)OCC. The molecular formula is C32H48N2O7. The van der Waals surface area contributed by atoms with Crippen LogP contribution in [0.25, 0.3) is 0 Å². The third-order valence-electron chi connectivity index (χ3n) is 6.48. The topological polar surface area (TPSA) is 124 Å². The predicted molar refractivity (Wildman–Crippen MR) is 159 cm³/mol. The standard InChI is InChI=1S/C32H48N2O7/c1-7-39-29(35)28(32(38,30(36)40-8-2)31(37)41-9-3)34-22-20-26(6)16-11-14-24(4)13-10-15-25(5)18-19-27-17-12-21-33-23-27/h12,14-15,17,20-21,23,28,34,38H,7-11,13,16,18-19,22H2,1-6H3. The molecule has 0 aliphatic carbocycles.